The van der Waals surface area contributed by atoms with Crippen LogP contribution < -0.4 is 4.74 Å². The number of carbonyl (C=O) groups is 1. The van der Waals surface area contributed by atoms with Crippen LogP contribution in [0.4, 0.5) is 0 Å². The molecule has 1 fully saturated rings. The fraction of sp³-hybridized carbons (Fsp3) is 0.519. The van der Waals surface area contributed by atoms with Gasteiger partial charge >= 0.3 is 0 Å². The number of fused-ring (bicyclic) bond motifs is 1. The van der Waals surface area contributed by atoms with Gasteiger partial charge in [0.2, 0.25) is 15.9 Å². The minimum absolute atomic E-state index is 0.0810. The number of carbonyl (C=O) groups excluding carboxylic acids is 1. The van der Waals surface area contributed by atoms with Gasteiger partial charge in [0.25, 0.3) is 0 Å². The zero-order chi connectivity index (χ0) is 25.3. The van der Waals surface area contributed by atoms with Crippen LogP contribution in [-0.4, -0.2) is 67.5 Å². The number of hydrogen-bond donors (Lipinski definition) is 1. The predicted molar refractivity (Wildman–Crippen MR) is 136 cm³/mol. The van der Waals surface area contributed by atoms with Gasteiger partial charge in [0.05, 0.1) is 13.2 Å². The second kappa shape index (κ2) is 10.3. The summed E-state index contributed by atoms with van der Waals surface area (Å²) in [6.07, 6.45) is 2.36. The van der Waals surface area contributed by atoms with Gasteiger partial charge in [-0.1, -0.05) is 42.8 Å². The number of ether oxygens (including phenoxy) is 1. The van der Waals surface area contributed by atoms with Gasteiger partial charge in [-0.25, -0.2) is 8.42 Å². The molecule has 3 atom stereocenters. The summed E-state index contributed by atoms with van der Waals surface area (Å²) in [5, 5.41) is 9.81. The molecule has 0 spiro atoms. The van der Waals surface area contributed by atoms with Crippen molar-refractivity contribution in [3.05, 3.63) is 48.0 Å². The summed E-state index contributed by atoms with van der Waals surface area (Å²) in [6.45, 7) is 5.93. The Morgan fingerprint density at radius 3 is 2.46 bits per heavy atom. The monoisotopic (exact) mass is 500 g/mol. The van der Waals surface area contributed by atoms with Gasteiger partial charge < -0.3 is 14.7 Å². The molecule has 4 rings (SSSR count). The predicted octanol–water partition coefficient (Wildman–Crippen LogP) is 3.69. The Bertz CT molecular complexity index is 1160. The Balaban J connectivity index is 1.72. The van der Waals surface area contributed by atoms with Gasteiger partial charge in [-0.3, -0.25) is 4.79 Å². The highest BCUT2D eigenvalue weighted by Gasteiger charge is 2.38. The summed E-state index contributed by atoms with van der Waals surface area (Å²) in [7, 11) is -2.11. The highest BCUT2D eigenvalue weighted by Crippen LogP contribution is 2.37. The number of aryl methyl sites for hydroxylation is 1. The zero-order valence-corrected chi connectivity index (χ0v) is 21.8. The van der Waals surface area contributed by atoms with Gasteiger partial charge in [0.1, 0.15) is 16.7 Å². The van der Waals surface area contributed by atoms with E-state index in [2.05, 4.69) is 0 Å². The lowest BCUT2D eigenvalue weighted by Gasteiger charge is -2.37. The first-order chi connectivity index (χ1) is 16.6. The average Bonchev–Trinajstić information content (AvgIpc) is 3.65. The van der Waals surface area contributed by atoms with E-state index in [-0.39, 0.29) is 35.6 Å². The van der Waals surface area contributed by atoms with Crippen LogP contribution >= 0.6 is 0 Å². The van der Waals surface area contributed by atoms with E-state index in [9.17, 15) is 18.3 Å². The summed E-state index contributed by atoms with van der Waals surface area (Å²) < 4.78 is 35.1. The first-order valence-corrected chi connectivity index (χ1v) is 13.8. The number of likely N-dealkylation sites (N-methyl/N-ethyl adjacent to an activating group) is 1. The van der Waals surface area contributed by atoms with Crippen LogP contribution in [-0.2, 0) is 14.8 Å². The Kier molecular flexibility index (Phi) is 7.54. The highest BCUT2D eigenvalue weighted by atomic mass is 32.2. The fourth-order valence-electron chi connectivity index (χ4n) is 4.47. The number of amides is 1. The van der Waals surface area contributed by atoms with E-state index in [1.54, 1.807) is 37.1 Å². The summed E-state index contributed by atoms with van der Waals surface area (Å²) in [6, 6.07) is 12.6. The molecule has 0 saturated heterocycles. The molecule has 1 saturated carbocycles. The van der Waals surface area contributed by atoms with E-state index in [0.29, 0.717) is 18.9 Å². The molecule has 1 amide bonds. The van der Waals surface area contributed by atoms with Crippen LogP contribution in [0.2, 0.25) is 0 Å². The topological polar surface area (TPSA) is 87.2 Å². The number of rotatable bonds is 7. The van der Waals surface area contributed by atoms with E-state index in [1.807, 2.05) is 38.1 Å². The number of aliphatic hydroxyl groups is 1. The molecule has 0 bridgehead atoms. The van der Waals surface area contributed by atoms with Crippen molar-refractivity contribution < 1.29 is 23.1 Å². The maximum Gasteiger partial charge on any atom is 0.247 e. The molecule has 2 aliphatic rings. The van der Waals surface area contributed by atoms with Gasteiger partial charge in [-0.05, 0) is 55.9 Å². The molecular formula is C27H36N2O5S. The summed E-state index contributed by atoms with van der Waals surface area (Å²) >= 11 is 0. The second-order valence-electron chi connectivity index (χ2n) is 10.2. The smallest absolute Gasteiger partial charge is 0.247 e. The van der Waals surface area contributed by atoms with E-state index in [1.165, 1.54) is 4.31 Å². The molecule has 0 unspecified atom stereocenters. The largest absolute Gasteiger partial charge is 0.487 e. The molecule has 1 aliphatic heterocycles. The lowest BCUT2D eigenvalue weighted by atomic mass is 10.0. The SMILES string of the molecule is Cc1ccc(-c2ccc3c(c2)O[C@H](CN(C)C(=O)CC2CC2)[C@@H](C)CN([C@@H](C)CO)S3(=O)=O)cc1. The van der Waals surface area contributed by atoms with Crippen molar-refractivity contribution in [2.24, 2.45) is 11.8 Å². The van der Waals surface area contributed by atoms with Crippen LogP contribution in [0.15, 0.2) is 47.4 Å². The molecular weight excluding hydrogens is 464 g/mol. The van der Waals surface area contributed by atoms with Gasteiger partial charge in [0, 0.05) is 32.0 Å². The number of nitrogens with zero attached hydrogens (tertiary/aromatic N) is 2. The Hall–Kier alpha value is -2.42. The van der Waals surface area contributed by atoms with Crippen LogP contribution in [0, 0.1) is 18.8 Å². The number of sulfonamides is 1. The molecule has 7 nitrogen and oxygen atoms in total. The number of aliphatic hydroxyl groups excluding tert-OH is 1. The Morgan fingerprint density at radius 1 is 1.17 bits per heavy atom. The normalized spacial score (nSPS) is 22.9. The lowest BCUT2D eigenvalue weighted by molar-refractivity contribution is -0.131. The second-order valence-corrected chi connectivity index (χ2v) is 12.0. The highest BCUT2D eigenvalue weighted by molar-refractivity contribution is 7.89. The molecule has 1 N–H and O–H groups in total. The molecule has 0 aromatic heterocycles. The molecule has 35 heavy (non-hydrogen) atoms. The van der Waals surface area contributed by atoms with Crippen LogP contribution in [0.25, 0.3) is 11.1 Å². The minimum atomic E-state index is -3.90. The van der Waals surface area contributed by atoms with Crippen molar-refractivity contribution >= 4 is 15.9 Å². The third-order valence-electron chi connectivity index (χ3n) is 7.09. The molecule has 8 heteroatoms. The summed E-state index contributed by atoms with van der Waals surface area (Å²) in [5.41, 5.74) is 2.95. The first kappa shape index (κ1) is 25.7. The Morgan fingerprint density at radius 2 is 1.83 bits per heavy atom. The van der Waals surface area contributed by atoms with Gasteiger partial charge in [-0.15, -0.1) is 0 Å². The molecule has 190 valence electrons. The third-order valence-corrected chi connectivity index (χ3v) is 9.11. The summed E-state index contributed by atoms with van der Waals surface area (Å²) in [4.78, 5) is 14.5. The van der Waals surface area contributed by atoms with E-state index in [4.69, 9.17) is 4.74 Å². The van der Waals surface area contributed by atoms with E-state index < -0.39 is 22.2 Å². The molecule has 2 aromatic rings. The quantitative estimate of drug-likeness (QED) is 0.627. The minimum Gasteiger partial charge on any atom is -0.487 e. The molecule has 1 heterocycles. The van der Waals surface area contributed by atoms with Crippen LogP contribution in [0.1, 0.15) is 38.7 Å². The lowest BCUT2D eigenvalue weighted by Crippen LogP contribution is -2.50. The van der Waals surface area contributed by atoms with Crippen molar-refractivity contribution in [3.8, 4) is 16.9 Å². The fourth-order valence-corrected chi connectivity index (χ4v) is 6.29. The van der Waals surface area contributed by atoms with Crippen molar-refractivity contribution in [1.82, 2.24) is 9.21 Å². The number of hydrogen-bond acceptors (Lipinski definition) is 5. The van der Waals surface area contributed by atoms with Crippen molar-refractivity contribution in [3.63, 3.8) is 0 Å². The zero-order valence-electron chi connectivity index (χ0n) is 21.0. The van der Waals surface area contributed by atoms with Crippen molar-refractivity contribution in [2.45, 2.75) is 57.1 Å². The maximum absolute atomic E-state index is 13.7. The maximum atomic E-state index is 13.7. The van der Waals surface area contributed by atoms with Crippen LogP contribution in [0.3, 0.4) is 0 Å². The van der Waals surface area contributed by atoms with E-state index >= 15 is 0 Å². The van der Waals surface area contributed by atoms with Crippen molar-refractivity contribution in [1.29, 1.82) is 0 Å². The summed E-state index contributed by atoms with van der Waals surface area (Å²) in [5.74, 6) is 0.653. The molecule has 1 aliphatic carbocycles. The van der Waals surface area contributed by atoms with Crippen molar-refractivity contribution in [2.75, 3.05) is 26.7 Å². The molecule has 2 aromatic carbocycles. The van der Waals surface area contributed by atoms with Gasteiger partial charge in [0.15, 0.2) is 0 Å². The van der Waals surface area contributed by atoms with Crippen LogP contribution in [0.5, 0.6) is 5.75 Å². The first-order valence-electron chi connectivity index (χ1n) is 12.3. The average molecular weight is 501 g/mol. The van der Waals surface area contributed by atoms with E-state index in [0.717, 1.165) is 29.5 Å². The third kappa shape index (κ3) is 5.71. The molecule has 0 radical (unpaired) electrons. The number of benzene rings is 2. The van der Waals surface area contributed by atoms with Gasteiger partial charge in [-0.2, -0.15) is 4.31 Å². The Labute approximate surface area is 208 Å². The standard InChI is InChI=1S/C27H36N2O5S/c1-18-5-9-22(10-6-18)23-11-12-26-24(14-23)34-25(16-28(4)27(31)13-21-7-8-21)19(2)15-29(20(3)17-30)35(26,32)33/h5-6,9-12,14,19-21,25,30H,7-8,13,15-17H2,1-4H3/t19-,20-,25+/m0/s1.